The van der Waals surface area contributed by atoms with Crippen molar-refractivity contribution in [3.8, 4) is 12.3 Å². The quantitative estimate of drug-likeness (QED) is 0.313. The standard InChI is InChI=1S/C8H13P/c1-4-6-7(3)8(9)5-2/h2,6,8H,4,9H2,1,3H3/b7-6-. The molecule has 0 aromatic carbocycles. The molecule has 2 unspecified atom stereocenters. The molecule has 0 spiro atoms. The van der Waals surface area contributed by atoms with Crippen LogP contribution in [-0.2, 0) is 0 Å². The van der Waals surface area contributed by atoms with Crippen LogP contribution in [0.25, 0.3) is 0 Å². The fraction of sp³-hybridized carbons (Fsp3) is 0.500. The minimum atomic E-state index is 0.227. The molecule has 0 aliphatic carbocycles. The SMILES string of the molecule is C#CC(P)/C(C)=C\CC. The van der Waals surface area contributed by atoms with Gasteiger partial charge in [0.05, 0.1) is 5.66 Å². The second-order valence-corrected chi connectivity index (χ2v) is 2.67. The van der Waals surface area contributed by atoms with Crippen molar-refractivity contribution in [2.75, 3.05) is 0 Å². The first kappa shape index (κ1) is 8.73. The molecule has 0 heterocycles. The minimum Gasteiger partial charge on any atom is -0.119 e. The van der Waals surface area contributed by atoms with E-state index in [1.165, 1.54) is 5.57 Å². The second kappa shape index (κ2) is 4.59. The largest absolute Gasteiger partial charge is 0.119 e. The lowest BCUT2D eigenvalue weighted by Crippen LogP contribution is -1.93. The summed E-state index contributed by atoms with van der Waals surface area (Å²) in [7, 11) is 2.62. The molecule has 0 aliphatic rings. The Bertz CT molecular complexity index is 139. The Hall–Kier alpha value is -0.270. The van der Waals surface area contributed by atoms with Gasteiger partial charge in [-0.1, -0.05) is 24.5 Å². The maximum Gasteiger partial charge on any atom is 0.0546 e. The Morgan fingerprint density at radius 3 is 2.78 bits per heavy atom. The topological polar surface area (TPSA) is 0 Å². The van der Waals surface area contributed by atoms with E-state index in [0.29, 0.717) is 0 Å². The number of rotatable bonds is 2. The van der Waals surface area contributed by atoms with Gasteiger partial charge in [0, 0.05) is 0 Å². The van der Waals surface area contributed by atoms with Crippen LogP contribution >= 0.6 is 9.24 Å². The van der Waals surface area contributed by atoms with Gasteiger partial charge in [-0.25, -0.2) is 0 Å². The minimum absolute atomic E-state index is 0.227. The summed E-state index contributed by atoms with van der Waals surface area (Å²) >= 11 is 0. The summed E-state index contributed by atoms with van der Waals surface area (Å²) in [5.41, 5.74) is 1.50. The van der Waals surface area contributed by atoms with Crippen molar-refractivity contribution in [1.82, 2.24) is 0 Å². The summed E-state index contributed by atoms with van der Waals surface area (Å²) in [5.74, 6) is 2.64. The van der Waals surface area contributed by atoms with Crippen molar-refractivity contribution in [3.05, 3.63) is 11.6 Å². The van der Waals surface area contributed by atoms with Gasteiger partial charge in [0.15, 0.2) is 0 Å². The van der Waals surface area contributed by atoms with E-state index in [-0.39, 0.29) is 5.66 Å². The molecule has 0 bridgehead atoms. The summed E-state index contributed by atoms with van der Waals surface area (Å²) in [6.07, 6.45) is 8.41. The second-order valence-electron chi connectivity index (χ2n) is 2.00. The van der Waals surface area contributed by atoms with Crippen LogP contribution in [0.2, 0.25) is 0 Å². The average molecular weight is 140 g/mol. The highest BCUT2D eigenvalue weighted by atomic mass is 31.0. The molecule has 1 heteroatoms. The molecule has 0 aromatic heterocycles. The van der Waals surface area contributed by atoms with Gasteiger partial charge in [-0.2, -0.15) is 0 Å². The highest BCUT2D eigenvalue weighted by Crippen LogP contribution is 2.10. The first-order valence-electron chi connectivity index (χ1n) is 3.10. The van der Waals surface area contributed by atoms with Crippen LogP contribution in [-0.4, -0.2) is 5.66 Å². The molecule has 0 radical (unpaired) electrons. The van der Waals surface area contributed by atoms with E-state index in [2.05, 4.69) is 35.1 Å². The molecule has 0 aromatic rings. The van der Waals surface area contributed by atoms with Crippen LogP contribution in [0.1, 0.15) is 20.3 Å². The van der Waals surface area contributed by atoms with Gasteiger partial charge >= 0.3 is 0 Å². The normalized spacial score (nSPS) is 14.7. The number of allylic oxidation sites excluding steroid dienone is 2. The van der Waals surface area contributed by atoms with Crippen molar-refractivity contribution in [3.63, 3.8) is 0 Å². The zero-order valence-corrected chi connectivity index (χ0v) is 7.17. The first-order valence-corrected chi connectivity index (χ1v) is 3.77. The highest BCUT2D eigenvalue weighted by Gasteiger charge is 1.95. The number of hydrogen-bond acceptors (Lipinski definition) is 0. The number of terminal acetylenes is 1. The van der Waals surface area contributed by atoms with Crippen LogP contribution in [0, 0.1) is 12.3 Å². The lowest BCUT2D eigenvalue weighted by Gasteiger charge is -2.01. The maximum absolute atomic E-state index is 5.19. The number of hydrogen-bond donors (Lipinski definition) is 0. The molecule has 0 saturated heterocycles. The Morgan fingerprint density at radius 2 is 2.44 bits per heavy atom. The molecule has 0 aliphatic heterocycles. The Kier molecular flexibility index (Phi) is 4.46. The van der Waals surface area contributed by atoms with E-state index in [0.717, 1.165) is 6.42 Å². The average Bonchev–Trinajstić information content (AvgIpc) is 1.87. The fourth-order valence-electron chi connectivity index (χ4n) is 0.580. The van der Waals surface area contributed by atoms with Gasteiger partial charge in [-0.3, -0.25) is 0 Å². The van der Waals surface area contributed by atoms with Crippen LogP contribution in [0.5, 0.6) is 0 Å². The summed E-state index contributed by atoms with van der Waals surface area (Å²) < 4.78 is 0. The third-order valence-corrected chi connectivity index (χ3v) is 1.91. The van der Waals surface area contributed by atoms with Crippen LogP contribution < -0.4 is 0 Å². The summed E-state index contributed by atoms with van der Waals surface area (Å²) in [4.78, 5) is 0. The van der Waals surface area contributed by atoms with E-state index < -0.39 is 0 Å². The molecule has 0 N–H and O–H groups in total. The summed E-state index contributed by atoms with van der Waals surface area (Å²) in [5, 5.41) is 0. The summed E-state index contributed by atoms with van der Waals surface area (Å²) in [6, 6.07) is 0. The summed E-state index contributed by atoms with van der Waals surface area (Å²) in [6.45, 7) is 4.17. The smallest absolute Gasteiger partial charge is 0.0546 e. The molecule has 50 valence electrons. The van der Waals surface area contributed by atoms with E-state index in [4.69, 9.17) is 6.42 Å². The molecule has 0 saturated carbocycles. The molecular weight excluding hydrogens is 127 g/mol. The molecule has 0 fully saturated rings. The van der Waals surface area contributed by atoms with Crippen molar-refractivity contribution >= 4 is 9.24 Å². The molecule has 2 atom stereocenters. The molecule has 0 amide bonds. The Labute approximate surface area is 59.9 Å². The zero-order chi connectivity index (χ0) is 7.28. The fourth-order valence-corrected chi connectivity index (χ4v) is 0.716. The van der Waals surface area contributed by atoms with Crippen molar-refractivity contribution in [2.24, 2.45) is 0 Å². The van der Waals surface area contributed by atoms with E-state index in [1.54, 1.807) is 0 Å². The van der Waals surface area contributed by atoms with Gasteiger partial charge in [0.25, 0.3) is 0 Å². The maximum atomic E-state index is 5.19. The molecule has 0 nitrogen and oxygen atoms in total. The monoisotopic (exact) mass is 140 g/mol. The molecule has 0 rings (SSSR count). The molecular formula is C8H13P. The first-order chi connectivity index (χ1) is 4.22. The predicted molar refractivity (Wildman–Crippen MR) is 46.4 cm³/mol. The zero-order valence-electron chi connectivity index (χ0n) is 6.02. The van der Waals surface area contributed by atoms with Gasteiger partial charge in [-0.05, 0) is 13.3 Å². The lowest BCUT2D eigenvalue weighted by molar-refractivity contribution is 1.15. The van der Waals surface area contributed by atoms with Gasteiger partial charge in [0.1, 0.15) is 0 Å². The van der Waals surface area contributed by atoms with Gasteiger partial charge < -0.3 is 0 Å². The third kappa shape index (κ3) is 3.33. The van der Waals surface area contributed by atoms with Gasteiger partial charge in [-0.15, -0.1) is 15.7 Å². The van der Waals surface area contributed by atoms with Crippen LogP contribution in [0.3, 0.4) is 0 Å². The van der Waals surface area contributed by atoms with Crippen molar-refractivity contribution in [2.45, 2.75) is 25.9 Å². The van der Waals surface area contributed by atoms with Crippen LogP contribution in [0.4, 0.5) is 0 Å². The Balaban J connectivity index is 3.89. The molecule has 9 heavy (non-hydrogen) atoms. The van der Waals surface area contributed by atoms with Crippen LogP contribution in [0.15, 0.2) is 11.6 Å². The van der Waals surface area contributed by atoms with Crippen molar-refractivity contribution < 1.29 is 0 Å². The van der Waals surface area contributed by atoms with E-state index in [9.17, 15) is 0 Å². The predicted octanol–water partition coefficient (Wildman–Crippen LogP) is 2.22. The van der Waals surface area contributed by atoms with E-state index >= 15 is 0 Å². The van der Waals surface area contributed by atoms with Crippen molar-refractivity contribution in [1.29, 1.82) is 0 Å². The third-order valence-electron chi connectivity index (χ3n) is 1.20. The Morgan fingerprint density at radius 1 is 1.89 bits per heavy atom. The van der Waals surface area contributed by atoms with E-state index in [1.807, 2.05) is 0 Å². The van der Waals surface area contributed by atoms with Gasteiger partial charge in [0.2, 0.25) is 0 Å². The highest BCUT2D eigenvalue weighted by molar-refractivity contribution is 7.18. The lowest BCUT2D eigenvalue weighted by atomic mass is 10.2.